The average Bonchev–Trinajstić information content (AvgIpc) is 3.22. The van der Waals surface area contributed by atoms with Crippen molar-refractivity contribution in [2.75, 3.05) is 6.61 Å². The van der Waals surface area contributed by atoms with E-state index in [-0.39, 0.29) is 11.6 Å². The van der Waals surface area contributed by atoms with Gasteiger partial charge in [0.15, 0.2) is 0 Å². The molecule has 1 atom stereocenters. The Morgan fingerprint density at radius 3 is 1.47 bits per heavy atom. The van der Waals surface area contributed by atoms with Crippen molar-refractivity contribution in [1.29, 1.82) is 0 Å². The smallest absolute Gasteiger partial charge is 0.338 e. The maximum atomic E-state index is 13.1. The average molecular weight is 435 g/mol. The van der Waals surface area contributed by atoms with Gasteiger partial charge in [-0.2, -0.15) is 0 Å². The van der Waals surface area contributed by atoms with Crippen LogP contribution < -0.4 is 15.9 Å². The summed E-state index contributed by atoms with van der Waals surface area (Å²) in [5, 5.41) is 3.75. The second kappa shape index (κ2) is 8.94. The number of hydrogen-bond acceptors (Lipinski definition) is 2. The lowest BCUT2D eigenvalue weighted by molar-refractivity contribution is -0.134. The van der Waals surface area contributed by atoms with Gasteiger partial charge in [0.25, 0.3) is 0 Å². The number of carbonyl (C=O) groups is 1. The second-order valence-corrected chi connectivity index (χ2v) is 11.5. The number of esters is 1. The standard InChI is InChI=1S/C29H24O2P/c30-29-27(21-23-13-5-1-6-14-23)28(22-31-29)32(24-15-7-2-8-16-24,25-17-9-3-10-18-25)26-19-11-4-12-20-26/h1-21,28H,22H2/q+1/b27-21+/t28-/m1/s1. The number of benzene rings is 4. The van der Waals surface area contributed by atoms with Crippen LogP contribution in [0.1, 0.15) is 5.56 Å². The topological polar surface area (TPSA) is 26.3 Å². The molecule has 0 bridgehead atoms. The zero-order valence-corrected chi connectivity index (χ0v) is 18.6. The van der Waals surface area contributed by atoms with Crippen molar-refractivity contribution in [2.24, 2.45) is 0 Å². The summed E-state index contributed by atoms with van der Waals surface area (Å²) in [6.07, 6.45) is 2.02. The Hall–Kier alpha value is -3.48. The number of carbonyl (C=O) groups excluding carboxylic acids is 1. The molecule has 0 spiro atoms. The molecule has 0 unspecified atom stereocenters. The Bertz CT molecular complexity index is 1120. The highest BCUT2D eigenvalue weighted by molar-refractivity contribution is 7.96. The minimum atomic E-state index is -2.25. The van der Waals surface area contributed by atoms with Gasteiger partial charge in [0.1, 0.15) is 35.4 Å². The zero-order chi connectivity index (χ0) is 21.8. The fourth-order valence-electron chi connectivity index (χ4n) is 4.64. The molecule has 4 aromatic rings. The molecule has 0 radical (unpaired) electrons. The zero-order valence-electron chi connectivity index (χ0n) is 17.7. The maximum absolute atomic E-state index is 13.1. The summed E-state index contributed by atoms with van der Waals surface area (Å²) in [4.78, 5) is 13.1. The fraction of sp³-hybridized carbons (Fsp3) is 0.0690. The van der Waals surface area contributed by atoms with Crippen LogP contribution in [0.4, 0.5) is 0 Å². The molecule has 1 aliphatic rings. The van der Waals surface area contributed by atoms with Crippen molar-refractivity contribution in [3.05, 3.63) is 132 Å². The van der Waals surface area contributed by atoms with Gasteiger partial charge in [-0.1, -0.05) is 84.9 Å². The Balaban J connectivity index is 1.82. The first-order chi connectivity index (χ1) is 15.8. The molecule has 0 aromatic heterocycles. The molecule has 3 heteroatoms. The van der Waals surface area contributed by atoms with Crippen LogP contribution >= 0.6 is 7.26 Å². The molecule has 32 heavy (non-hydrogen) atoms. The highest BCUT2D eigenvalue weighted by Gasteiger charge is 2.58. The van der Waals surface area contributed by atoms with E-state index in [2.05, 4.69) is 72.8 Å². The molecule has 4 aromatic carbocycles. The van der Waals surface area contributed by atoms with E-state index in [1.165, 1.54) is 15.9 Å². The monoisotopic (exact) mass is 435 g/mol. The van der Waals surface area contributed by atoms with Crippen LogP contribution in [-0.2, 0) is 9.53 Å². The molecule has 0 amide bonds. The van der Waals surface area contributed by atoms with Crippen LogP contribution in [0.2, 0.25) is 0 Å². The van der Waals surface area contributed by atoms with Gasteiger partial charge in [-0.25, -0.2) is 4.79 Å². The predicted octanol–water partition coefficient (Wildman–Crippen LogP) is 4.99. The minimum absolute atomic E-state index is 0.0672. The Labute approximate surface area is 189 Å². The van der Waals surface area contributed by atoms with E-state index >= 15 is 0 Å². The molecule has 1 aliphatic heterocycles. The predicted molar refractivity (Wildman–Crippen MR) is 134 cm³/mol. The van der Waals surface area contributed by atoms with Crippen molar-refractivity contribution in [3.63, 3.8) is 0 Å². The maximum Gasteiger partial charge on any atom is 0.338 e. The quantitative estimate of drug-likeness (QED) is 0.251. The third-order valence-electron chi connectivity index (χ3n) is 6.05. The van der Waals surface area contributed by atoms with Crippen LogP contribution in [0, 0.1) is 0 Å². The number of rotatable bonds is 5. The summed E-state index contributed by atoms with van der Waals surface area (Å²) in [5.41, 5.74) is 1.70. The molecule has 0 aliphatic carbocycles. The fourth-order valence-corrected chi connectivity index (χ4v) is 9.44. The molecule has 156 valence electrons. The molecule has 0 saturated carbocycles. The van der Waals surface area contributed by atoms with E-state index in [0.29, 0.717) is 6.61 Å². The van der Waals surface area contributed by atoms with Crippen molar-refractivity contribution in [3.8, 4) is 0 Å². The molecule has 2 nitrogen and oxygen atoms in total. The summed E-state index contributed by atoms with van der Waals surface area (Å²) in [7, 11) is -2.25. The van der Waals surface area contributed by atoms with Crippen molar-refractivity contribution in [2.45, 2.75) is 5.66 Å². The van der Waals surface area contributed by atoms with Gasteiger partial charge in [-0.05, 0) is 48.0 Å². The van der Waals surface area contributed by atoms with E-state index in [4.69, 9.17) is 4.74 Å². The van der Waals surface area contributed by atoms with Crippen LogP contribution in [0.5, 0.6) is 0 Å². The Morgan fingerprint density at radius 1 is 0.625 bits per heavy atom. The normalized spacial score (nSPS) is 17.3. The minimum Gasteiger partial charge on any atom is -0.458 e. The highest BCUT2D eigenvalue weighted by Crippen LogP contribution is 2.63. The summed E-state index contributed by atoms with van der Waals surface area (Å²) in [5.74, 6) is -0.217. The first-order valence-corrected chi connectivity index (χ1v) is 12.7. The van der Waals surface area contributed by atoms with Gasteiger partial charge in [0.2, 0.25) is 0 Å². The van der Waals surface area contributed by atoms with E-state index in [1.807, 2.05) is 54.6 Å². The number of hydrogen-bond donors (Lipinski definition) is 0. The second-order valence-electron chi connectivity index (χ2n) is 7.85. The van der Waals surface area contributed by atoms with E-state index in [0.717, 1.165) is 11.1 Å². The molecule has 1 heterocycles. The molecule has 1 fully saturated rings. The highest BCUT2D eigenvalue weighted by atomic mass is 31.2. The molecule has 5 rings (SSSR count). The summed E-state index contributed by atoms with van der Waals surface area (Å²) in [6, 6.07) is 42.0. The van der Waals surface area contributed by atoms with Crippen molar-refractivity contribution in [1.82, 2.24) is 0 Å². The lowest BCUT2D eigenvalue weighted by atomic mass is 10.1. The van der Waals surface area contributed by atoms with E-state index < -0.39 is 7.26 Å². The van der Waals surface area contributed by atoms with E-state index in [9.17, 15) is 4.79 Å². The number of ether oxygens (including phenoxy) is 1. The van der Waals surface area contributed by atoms with Crippen LogP contribution in [0.25, 0.3) is 6.08 Å². The Morgan fingerprint density at radius 2 is 1.03 bits per heavy atom. The van der Waals surface area contributed by atoms with Gasteiger partial charge >= 0.3 is 5.97 Å². The van der Waals surface area contributed by atoms with Gasteiger partial charge in [-0.3, -0.25) is 0 Å². The summed E-state index contributed by atoms with van der Waals surface area (Å²) < 4.78 is 5.74. The van der Waals surface area contributed by atoms with Crippen molar-refractivity contribution < 1.29 is 9.53 Å². The lowest BCUT2D eigenvalue weighted by Crippen LogP contribution is -2.40. The molecule has 1 saturated heterocycles. The van der Waals surface area contributed by atoms with Crippen molar-refractivity contribution >= 4 is 35.2 Å². The number of cyclic esters (lactones) is 1. The van der Waals surface area contributed by atoms with Gasteiger partial charge in [0, 0.05) is 0 Å². The first-order valence-electron chi connectivity index (χ1n) is 10.8. The summed E-state index contributed by atoms with van der Waals surface area (Å²) in [6.45, 7) is 0.379. The van der Waals surface area contributed by atoms with E-state index in [1.54, 1.807) is 0 Å². The third-order valence-corrected chi connectivity index (χ3v) is 10.7. The SMILES string of the molecule is O=C1OC[C@@H]([P+](c2ccccc2)(c2ccccc2)c2ccccc2)/C1=C\c1ccccc1. The van der Waals surface area contributed by atoms with Crippen LogP contribution in [0.15, 0.2) is 127 Å². The van der Waals surface area contributed by atoms with Gasteiger partial charge in [-0.15, -0.1) is 0 Å². The molecular weight excluding hydrogens is 411 g/mol. The summed E-state index contributed by atoms with van der Waals surface area (Å²) >= 11 is 0. The molecular formula is C29H24O2P+. The Kier molecular flexibility index (Phi) is 5.71. The largest absolute Gasteiger partial charge is 0.458 e. The van der Waals surface area contributed by atoms with Gasteiger partial charge < -0.3 is 4.74 Å². The first kappa shape index (κ1) is 20.4. The lowest BCUT2D eigenvalue weighted by Gasteiger charge is -2.32. The van der Waals surface area contributed by atoms with Crippen LogP contribution in [0.3, 0.4) is 0 Å². The molecule has 0 N–H and O–H groups in total. The van der Waals surface area contributed by atoms with Crippen LogP contribution in [-0.4, -0.2) is 18.2 Å². The third kappa shape index (κ3) is 3.57. The van der Waals surface area contributed by atoms with Gasteiger partial charge in [0.05, 0.1) is 5.57 Å².